The summed E-state index contributed by atoms with van der Waals surface area (Å²) in [5, 5.41) is 1.57. The van der Waals surface area contributed by atoms with Crippen LogP contribution in [0, 0.1) is 0 Å². The number of fused-ring (bicyclic) bond motifs is 1. The molecule has 1 fully saturated rings. The minimum Gasteiger partial charge on any atom is -0.494 e. The van der Waals surface area contributed by atoms with E-state index in [1.807, 2.05) is 36.4 Å². The van der Waals surface area contributed by atoms with E-state index < -0.39 is 10.0 Å². The van der Waals surface area contributed by atoms with Crippen LogP contribution in [0.3, 0.4) is 0 Å². The summed E-state index contributed by atoms with van der Waals surface area (Å²) in [4.78, 5) is 6.90. The summed E-state index contributed by atoms with van der Waals surface area (Å²) < 4.78 is 34.1. The van der Waals surface area contributed by atoms with E-state index in [2.05, 4.69) is 9.88 Å². The first-order chi connectivity index (χ1) is 15.6. The fourth-order valence-electron chi connectivity index (χ4n) is 4.32. The van der Waals surface area contributed by atoms with Gasteiger partial charge in [-0.3, -0.25) is 4.98 Å². The Balaban J connectivity index is 1.26. The topological polar surface area (TPSA) is 62.7 Å². The van der Waals surface area contributed by atoms with Gasteiger partial charge in [-0.1, -0.05) is 30.3 Å². The molecule has 6 nitrogen and oxygen atoms in total. The van der Waals surface area contributed by atoms with E-state index in [9.17, 15) is 8.42 Å². The monoisotopic (exact) mass is 453 g/mol. The molecule has 0 spiro atoms. The number of piperidine rings is 1. The quantitative estimate of drug-likeness (QED) is 0.455. The van der Waals surface area contributed by atoms with E-state index in [0.29, 0.717) is 4.90 Å². The van der Waals surface area contributed by atoms with Crippen molar-refractivity contribution in [3.05, 3.63) is 67.0 Å². The molecule has 2 aromatic carbocycles. The van der Waals surface area contributed by atoms with Crippen molar-refractivity contribution in [2.24, 2.45) is 0 Å². The summed E-state index contributed by atoms with van der Waals surface area (Å²) in [5.41, 5.74) is 0. The number of unbranched alkanes of at least 4 members (excludes halogenated alkanes) is 1. The van der Waals surface area contributed by atoms with Gasteiger partial charge in [0.1, 0.15) is 5.75 Å². The molecule has 1 aliphatic heterocycles. The van der Waals surface area contributed by atoms with E-state index in [-0.39, 0.29) is 6.04 Å². The van der Waals surface area contributed by atoms with Crippen LogP contribution in [0.4, 0.5) is 0 Å². The highest BCUT2D eigenvalue weighted by Gasteiger charge is 2.31. The predicted molar refractivity (Wildman–Crippen MR) is 127 cm³/mol. The molecule has 0 aliphatic carbocycles. The fraction of sp³-hybridized carbons (Fsp3) is 0.400. The molecule has 0 unspecified atom stereocenters. The standard InChI is InChI=1S/C25H31N3O3S/c1-27(32(29,30)25-11-7-8-21-20-26-15-12-24(21)25)22-13-17-28(18-14-22)16-5-6-19-31-23-9-3-2-4-10-23/h2-4,7-12,15,20,22H,5-6,13-14,16-19H2,1H3. The van der Waals surface area contributed by atoms with Crippen molar-refractivity contribution in [2.75, 3.05) is 33.3 Å². The highest BCUT2D eigenvalue weighted by molar-refractivity contribution is 7.89. The van der Waals surface area contributed by atoms with Crippen molar-refractivity contribution >= 4 is 20.8 Å². The number of nitrogens with zero attached hydrogens (tertiary/aromatic N) is 3. The Bertz CT molecular complexity index is 1110. The zero-order chi connectivity index (χ0) is 22.4. The maximum atomic E-state index is 13.4. The summed E-state index contributed by atoms with van der Waals surface area (Å²) >= 11 is 0. The molecule has 0 amide bonds. The van der Waals surface area contributed by atoms with Gasteiger partial charge in [-0.25, -0.2) is 8.42 Å². The van der Waals surface area contributed by atoms with E-state index in [0.717, 1.165) is 68.4 Å². The molecule has 0 bridgehead atoms. The molecule has 1 aliphatic rings. The van der Waals surface area contributed by atoms with E-state index in [1.54, 1.807) is 41.9 Å². The van der Waals surface area contributed by atoms with Crippen LogP contribution in [0.2, 0.25) is 0 Å². The highest BCUT2D eigenvalue weighted by Crippen LogP contribution is 2.28. The largest absolute Gasteiger partial charge is 0.494 e. The number of para-hydroxylation sites is 1. The molecule has 32 heavy (non-hydrogen) atoms. The zero-order valence-electron chi connectivity index (χ0n) is 18.6. The highest BCUT2D eigenvalue weighted by atomic mass is 32.2. The Hall–Kier alpha value is -2.48. The Labute approximate surface area is 190 Å². The average Bonchev–Trinajstić information content (AvgIpc) is 2.84. The van der Waals surface area contributed by atoms with Gasteiger partial charge in [0, 0.05) is 36.3 Å². The number of sulfonamides is 1. The third-order valence-corrected chi connectivity index (χ3v) is 8.22. The number of aromatic nitrogens is 1. The van der Waals surface area contributed by atoms with Crippen molar-refractivity contribution in [1.29, 1.82) is 0 Å². The maximum absolute atomic E-state index is 13.4. The number of hydrogen-bond donors (Lipinski definition) is 0. The van der Waals surface area contributed by atoms with Crippen molar-refractivity contribution in [1.82, 2.24) is 14.2 Å². The van der Waals surface area contributed by atoms with Gasteiger partial charge in [-0.2, -0.15) is 4.31 Å². The van der Waals surface area contributed by atoms with Gasteiger partial charge in [-0.05, 0) is 69.6 Å². The molecule has 0 saturated carbocycles. The van der Waals surface area contributed by atoms with Gasteiger partial charge in [0.15, 0.2) is 0 Å². The van der Waals surface area contributed by atoms with Gasteiger partial charge in [0.2, 0.25) is 10.0 Å². The van der Waals surface area contributed by atoms with Gasteiger partial charge < -0.3 is 9.64 Å². The summed E-state index contributed by atoms with van der Waals surface area (Å²) in [5.74, 6) is 0.917. The summed E-state index contributed by atoms with van der Waals surface area (Å²) in [6, 6.07) is 17.1. The normalized spacial score (nSPS) is 15.9. The first kappa shape index (κ1) is 22.7. The van der Waals surface area contributed by atoms with Crippen LogP contribution >= 0.6 is 0 Å². The first-order valence-electron chi connectivity index (χ1n) is 11.3. The van der Waals surface area contributed by atoms with E-state index in [4.69, 9.17) is 4.74 Å². The third-order valence-electron chi connectivity index (χ3n) is 6.25. The third kappa shape index (κ3) is 5.28. The van der Waals surface area contributed by atoms with Crippen LogP contribution in [0.5, 0.6) is 5.75 Å². The molecule has 1 saturated heterocycles. The van der Waals surface area contributed by atoms with Crippen LogP contribution in [-0.4, -0.2) is 61.9 Å². The maximum Gasteiger partial charge on any atom is 0.243 e. The average molecular weight is 454 g/mol. The fourth-order valence-corrected chi connectivity index (χ4v) is 5.95. The molecule has 2 heterocycles. The number of ether oxygens (including phenoxy) is 1. The van der Waals surface area contributed by atoms with Crippen molar-refractivity contribution in [3.63, 3.8) is 0 Å². The van der Waals surface area contributed by atoms with Crippen molar-refractivity contribution < 1.29 is 13.2 Å². The van der Waals surface area contributed by atoms with Gasteiger partial charge in [0.05, 0.1) is 11.5 Å². The first-order valence-corrected chi connectivity index (χ1v) is 12.7. The number of hydrogen-bond acceptors (Lipinski definition) is 5. The smallest absolute Gasteiger partial charge is 0.243 e. The van der Waals surface area contributed by atoms with Crippen LogP contribution in [-0.2, 0) is 10.0 Å². The van der Waals surface area contributed by atoms with E-state index in [1.165, 1.54) is 0 Å². The Kier molecular flexibility index (Phi) is 7.40. The van der Waals surface area contributed by atoms with Crippen molar-refractivity contribution in [3.8, 4) is 5.75 Å². The molecule has 1 aromatic heterocycles. The molecule has 0 N–H and O–H groups in total. The van der Waals surface area contributed by atoms with Gasteiger partial charge >= 0.3 is 0 Å². The second-order valence-corrected chi connectivity index (χ2v) is 10.3. The van der Waals surface area contributed by atoms with Gasteiger partial charge in [-0.15, -0.1) is 0 Å². The van der Waals surface area contributed by atoms with Crippen LogP contribution in [0.1, 0.15) is 25.7 Å². The minimum atomic E-state index is -3.56. The number of pyridine rings is 1. The molecule has 0 atom stereocenters. The number of likely N-dealkylation sites (tertiary alicyclic amines) is 1. The van der Waals surface area contributed by atoms with Crippen LogP contribution in [0.15, 0.2) is 71.9 Å². The Morgan fingerprint density at radius 2 is 1.81 bits per heavy atom. The molecule has 7 heteroatoms. The summed E-state index contributed by atoms with van der Waals surface area (Å²) in [7, 11) is -1.84. The molecule has 170 valence electrons. The number of benzene rings is 2. The van der Waals surface area contributed by atoms with Gasteiger partial charge in [0.25, 0.3) is 0 Å². The summed E-state index contributed by atoms with van der Waals surface area (Å²) in [6.07, 6.45) is 7.14. The van der Waals surface area contributed by atoms with Crippen LogP contribution < -0.4 is 4.74 Å². The molecule has 3 aromatic rings. The SMILES string of the molecule is CN(C1CCN(CCCCOc2ccccc2)CC1)S(=O)(=O)c1cccc2cnccc12. The lowest BCUT2D eigenvalue weighted by Crippen LogP contribution is -2.45. The molecular weight excluding hydrogens is 422 g/mol. The molecule has 4 rings (SSSR count). The second kappa shape index (κ2) is 10.4. The predicted octanol–water partition coefficient (Wildman–Crippen LogP) is 4.18. The lowest BCUT2D eigenvalue weighted by atomic mass is 10.1. The van der Waals surface area contributed by atoms with Crippen LogP contribution in [0.25, 0.3) is 10.8 Å². The Morgan fingerprint density at radius 3 is 2.59 bits per heavy atom. The minimum absolute atomic E-state index is 0.0229. The Morgan fingerprint density at radius 1 is 1.03 bits per heavy atom. The molecular formula is C25H31N3O3S. The lowest BCUT2D eigenvalue weighted by molar-refractivity contribution is 0.165. The van der Waals surface area contributed by atoms with Crippen molar-refractivity contribution in [2.45, 2.75) is 36.6 Å². The second-order valence-electron chi connectivity index (χ2n) is 8.32. The lowest BCUT2D eigenvalue weighted by Gasteiger charge is -2.36. The van der Waals surface area contributed by atoms with E-state index >= 15 is 0 Å². The number of rotatable bonds is 9. The summed E-state index contributed by atoms with van der Waals surface area (Å²) in [6.45, 7) is 3.59. The molecule has 0 radical (unpaired) electrons. The zero-order valence-corrected chi connectivity index (χ0v) is 19.4.